The van der Waals surface area contributed by atoms with Crippen LogP contribution < -0.4 is 5.32 Å². The van der Waals surface area contributed by atoms with Gasteiger partial charge in [0, 0.05) is 22.1 Å². The summed E-state index contributed by atoms with van der Waals surface area (Å²) in [4.78, 5) is 23.6. The van der Waals surface area contributed by atoms with Crippen LogP contribution in [-0.4, -0.2) is 10.8 Å². The first-order valence-electron chi connectivity index (χ1n) is 6.08. The van der Waals surface area contributed by atoms with Crippen LogP contribution in [0.3, 0.4) is 0 Å². The van der Waals surface area contributed by atoms with Crippen molar-refractivity contribution in [2.75, 3.05) is 0 Å². The Morgan fingerprint density at radius 2 is 2.15 bits per heavy atom. The molecule has 104 valence electrons. The van der Waals surface area contributed by atoms with Crippen LogP contribution in [0.4, 0.5) is 5.69 Å². The van der Waals surface area contributed by atoms with Gasteiger partial charge in [0.25, 0.3) is 11.6 Å². The topological polar surface area (TPSA) is 72.2 Å². The van der Waals surface area contributed by atoms with E-state index in [1.54, 1.807) is 30.4 Å². The van der Waals surface area contributed by atoms with Gasteiger partial charge in [-0.25, -0.2) is 0 Å². The fourth-order valence-electron chi connectivity index (χ4n) is 1.84. The van der Waals surface area contributed by atoms with E-state index in [0.717, 1.165) is 4.88 Å². The van der Waals surface area contributed by atoms with Gasteiger partial charge < -0.3 is 5.32 Å². The average Bonchev–Trinajstić information content (AvgIpc) is 2.92. The first kappa shape index (κ1) is 14.2. The van der Waals surface area contributed by atoms with E-state index in [9.17, 15) is 14.9 Å². The standard InChI is InChI=1S/C14H14N2O3S/c1-9-5-6-11(8-12(9)16(18)19)14(17)15-10(2)13-4-3-7-20-13/h3-8,10H,1-2H3,(H,15,17). The van der Waals surface area contributed by atoms with E-state index in [4.69, 9.17) is 0 Å². The molecule has 0 aliphatic rings. The van der Waals surface area contributed by atoms with Gasteiger partial charge in [0.05, 0.1) is 11.0 Å². The smallest absolute Gasteiger partial charge is 0.273 e. The number of hydrogen-bond acceptors (Lipinski definition) is 4. The molecular formula is C14H14N2O3S. The van der Waals surface area contributed by atoms with Crippen LogP contribution in [0.15, 0.2) is 35.7 Å². The van der Waals surface area contributed by atoms with E-state index in [2.05, 4.69) is 5.32 Å². The maximum atomic E-state index is 12.1. The van der Waals surface area contributed by atoms with Gasteiger partial charge in [-0.15, -0.1) is 11.3 Å². The molecule has 1 amide bonds. The Hall–Kier alpha value is -2.21. The van der Waals surface area contributed by atoms with Crippen molar-refractivity contribution in [2.45, 2.75) is 19.9 Å². The lowest BCUT2D eigenvalue weighted by atomic mass is 10.1. The van der Waals surface area contributed by atoms with Crippen LogP contribution in [0.5, 0.6) is 0 Å². The minimum atomic E-state index is -0.477. The summed E-state index contributed by atoms with van der Waals surface area (Å²) in [6.45, 7) is 3.53. The van der Waals surface area contributed by atoms with Gasteiger partial charge in [-0.05, 0) is 31.4 Å². The van der Waals surface area contributed by atoms with Gasteiger partial charge in [0.15, 0.2) is 0 Å². The summed E-state index contributed by atoms with van der Waals surface area (Å²) in [7, 11) is 0. The highest BCUT2D eigenvalue weighted by molar-refractivity contribution is 7.10. The highest BCUT2D eigenvalue weighted by Gasteiger charge is 2.17. The monoisotopic (exact) mass is 290 g/mol. The molecular weight excluding hydrogens is 276 g/mol. The lowest BCUT2D eigenvalue weighted by Crippen LogP contribution is -2.26. The molecule has 2 aromatic rings. The number of nitrogens with zero attached hydrogens (tertiary/aromatic N) is 1. The van der Waals surface area contributed by atoms with Crippen molar-refractivity contribution in [1.29, 1.82) is 0 Å². The summed E-state index contributed by atoms with van der Waals surface area (Å²) in [5.41, 5.74) is 0.796. The van der Waals surface area contributed by atoms with Crippen LogP contribution in [0.1, 0.15) is 33.8 Å². The van der Waals surface area contributed by atoms with Crippen molar-refractivity contribution < 1.29 is 9.72 Å². The zero-order chi connectivity index (χ0) is 14.7. The minimum absolute atomic E-state index is 0.0403. The third-order valence-corrected chi connectivity index (χ3v) is 4.04. The number of amides is 1. The van der Waals surface area contributed by atoms with Crippen LogP contribution in [0.25, 0.3) is 0 Å². The second-order valence-electron chi connectivity index (χ2n) is 4.47. The number of carbonyl (C=O) groups excluding carboxylic acids is 1. The third-order valence-electron chi connectivity index (χ3n) is 2.99. The van der Waals surface area contributed by atoms with Gasteiger partial charge in [-0.3, -0.25) is 14.9 Å². The second kappa shape index (κ2) is 5.83. The molecule has 1 atom stereocenters. The van der Waals surface area contributed by atoms with E-state index >= 15 is 0 Å². The molecule has 1 unspecified atom stereocenters. The van der Waals surface area contributed by atoms with Crippen LogP contribution in [0, 0.1) is 17.0 Å². The summed E-state index contributed by atoms with van der Waals surface area (Å²) < 4.78 is 0. The fraction of sp³-hybridized carbons (Fsp3) is 0.214. The van der Waals surface area contributed by atoms with E-state index in [1.165, 1.54) is 6.07 Å². The Kier molecular flexibility index (Phi) is 4.14. The molecule has 20 heavy (non-hydrogen) atoms. The normalized spacial score (nSPS) is 11.9. The number of nitrogens with one attached hydrogen (secondary N) is 1. The van der Waals surface area contributed by atoms with Crippen LogP contribution in [0.2, 0.25) is 0 Å². The first-order valence-corrected chi connectivity index (χ1v) is 6.96. The fourth-order valence-corrected chi connectivity index (χ4v) is 2.57. The molecule has 5 nitrogen and oxygen atoms in total. The van der Waals surface area contributed by atoms with E-state index in [-0.39, 0.29) is 17.6 Å². The highest BCUT2D eigenvalue weighted by atomic mass is 32.1. The van der Waals surface area contributed by atoms with Crippen LogP contribution >= 0.6 is 11.3 Å². The molecule has 1 aromatic carbocycles. The van der Waals surface area contributed by atoms with Crippen molar-refractivity contribution in [2.24, 2.45) is 0 Å². The number of rotatable bonds is 4. The zero-order valence-corrected chi connectivity index (χ0v) is 11.9. The molecule has 1 aromatic heterocycles. The number of hydrogen-bond donors (Lipinski definition) is 1. The van der Waals surface area contributed by atoms with Crippen LogP contribution in [-0.2, 0) is 0 Å². The molecule has 2 rings (SSSR count). The molecule has 1 N–H and O–H groups in total. The summed E-state index contributed by atoms with van der Waals surface area (Å²) in [6.07, 6.45) is 0. The molecule has 0 radical (unpaired) electrons. The number of nitro benzene ring substituents is 1. The lowest BCUT2D eigenvalue weighted by Gasteiger charge is -2.12. The Balaban J connectivity index is 2.17. The van der Waals surface area contributed by atoms with Crippen molar-refractivity contribution in [1.82, 2.24) is 5.32 Å². The van der Waals surface area contributed by atoms with Gasteiger partial charge in [-0.2, -0.15) is 0 Å². The zero-order valence-electron chi connectivity index (χ0n) is 11.1. The van der Waals surface area contributed by atoms with E-state index in [0.29, 0.717) is 11.1 Å². The molecule has 0 spiro atoms. The maximum absolute atomic E-state index is 12.1. The predicted molar refractivity (Wildman–Crippen MR) is 78.0 cm³/mol. The predicted octanol–water partition coefficient (Wildman–Crippen LogP) is 3.46. The first-order chi connectivity index (χ1) is 9.49. The van der Waals surface area contributed by atoms with Gasteiger partial charge in [-0.1, -0.05) is 12.1 Å². The quantitative estimate of drug-likeness (QED) is 0.692. The highest BCUT2D eigenvalue weighted by Crippen LogP contribution is 2.21. The number of benzene rings is 1. The summed E-state index contributed by atoms with van der Waals surface area (Å²) >= 11 is 1.56. The molecule has 6 heteroatoms. The summed E-state index contributed by atoms with van der Waals surface area (Å²) in [5, 5.41) is 15.7. The SMILES string of the molecule is Cc1ccc(C(=O)NC(C)c2cccs2)cc1[N+](=O)[O-]. The van der Waals surface area contributed by atoms with Gasteiger partial charge in [0.2, 0.25) is 0 Å². The number of nitro groups is 1. The minimum Gasteiger partial charge on any atom is -0.345 e. The Morgan fingerprint density at radius 3 is 2.75 bits per heavy atom. The Labute approximate surface area is 120 Å². The Morgan fingerprint density at radius 1 is 1.40 bits per heavy atom. The molecule has 0 aliphatic carbocycles. The van der Waals surface area contributed by atoms with E-state index < -0.39 is 4.92 Å². The number of thiophene rings is 1. The maximum Gasteiger partial charge on any atom is 0.273 e. The van der Waals surface area contributed by atoms with Crippen molar-refractivity contribution >= 4 is 22.9 Å². The summed E-state index contributed by atoms with van der Waals surface area (Å²) in [5.74, 6) is -0.311. The molecule has 0 fully saturated rings. The molecule has 0 bridgehead atoms. The van der Waals surface area contributed by atoms with Crippen molar-refractivity contribution in [3.8, 4) is 0 Å². The Bertz CT molecular complexity index is 638. The number of aryl methyl sites for hydroxylation is 1. The van der Waals surface area contributed by atoms with E-state index in [1.807, 2.05) is 24.4 Å². The molecule has 1 heterocycles. The molecule has 0 aliphatic heterocycles. The number of carbonyl (C=O) groups is 1. The third kappa shape index (κ3) is 3.03. The molecule has 0 saturated heterocycles. The van der Waals surface area contributed by atoms with Gasteiger partial charge >= 0.3 is 0 Å². The summed E-state index contributed by atoms with van der Waals surface area (Å²) in [6, 6.07) is 8.22. The van der Waals surface area contributed by atoms with Crippen molar-refractivity contribution in [3.05, 3.63) is 61.8 Å². The van der Waals surface area contributed by atoms with Gasteiger partial charge in [0.1, 0.15) is 0 Å². The largest absolute Gasteiger partial charge is 0.345 e. The van der Waals surface area contributed by atoms with Crippen molar-refractivity contribution in [3.63, 3.8) is 0 Å². The second-order valence-corrected chi connectivity index (χ2v) is 5.45. The molecule has 0 saturated carbocycles. The lowest BCUT2D eigenvalue weighted by molar-refractivity contribution is -0.385. The average molecular weight is 290 g/mol.